The lowest BCUT2D eigenvalue weighted by molar-refractivity contribution is -0.176. The van der Waals surface area contributed by atoms with Gasteiger partial charge in [-0.25, -0.2) is 0 Å². The molecule has 3 nitrogen and oxygen atoms in total. The lowest BCUT2D eigenvalue weighted by atomic mass is 9.82. The Balaban J connectivity index is 1.42. The van der Waals surface area contributed by atoms with Gasteiger partial charge in [-0.15, -0.1) is 0 Å². The summed E-state index contributed by atoms with van der Waals surface area (Å²) >= 11 is 0. The highest BCUT2D eigenvalue weighted by molar-refractivity contribution is 4.95. The highest BCUT2D eigenvalue weighted by Crippen LogP contribution is 2.38. The molecule has 2 saturated heterocycles. The Morgan fingerprint density at radius 2 is 1.68 bits per heavy atom. The maximum absolute atomic E-state index is 5.82. The monoisotopic (exact) mass is 266 g/mol. The van der Waals surface area contributed by atoms with E-state index < -0.39 is 0 Å². The zero-order valence-corrected chi connectivity index (χ0v) is 12.7. The summed E-state index contributed by atoms with van der Waals surface area (Å²) in [7, 11) is 0. The van der Waals surface area contributed by atoms with E-state index in [0.717, 1.165) is 18.7 Å². The van der Waals surface area contributed by atoms with Crippen molar-refractivity contribution in [2.75, 3.05) is 19.7 Å². The molecule has 0 bridgehead atoms. The van der Waals surface area contributed by atoms with Crippen molar-refractivity contribution in [3.8, 4) is 0 Å². The molecule has 0 aromatic carbocycles. The van der Waals surface area contributed by atoms with Crippen molar-refractivity contribution in [3.05, 3.63) is 0 Å². The van der Waals surface area contributed by atoms with Gasteiger partial charge in [0.2, 0.25) is 0 Å². The zero-order valence-electron chi connectivity index (χ0n) is 12.7. The molecule has 3 aliphatic rings. The van der Waals surface area contributed by atoms with E-state index in [4.69, 9.17) is 4.74 Å². The molecule has 0 atom stereocenters. The number of piperidine rings is 1. The molecule has 3 fully saturated rings. The van der Waals surface area contributed by atoms with Crippen molar-refractivity contribution in [2.45, 2.75) is 82.5 Å². The van der Waals surface area contributed by atoms with Gasteiger partial charge in [-0.3, -0.25) is 0 Å². The van der Waals surface area contributed by atoms with E-state index in [-0.39, 0.29) is 0 Å². The van der Waals surface area contributed by atoms with Crippen molar-refractivity contribution < 1.29 is 4.74 Å². The highest BCUT2D eigenvalue weighted by Gasteiger charge is 2.42. The molecular weight excluding hydrogens is 236 g/mol. The Bertz CT molecular complexity index is 283. The lowest BCUT2D eigenvalue weighted by Crippen LogP contribution is -2.55. The normalized spacial score (nSPS) is 35.5. The van der Waals surface area contributed by atoms with E-state index in [1.54, 1.807) is 0 Å². The molecule has 1 spiro atoms. The fourth-order valence-corrected chi connectivity index (χ4v) is 4.16. The van der Waals surface area contributed by atoms with Crippen LogP contribution in [0.1, 0.15) is 58.8 Å². The number of nitrogens with zero attached hydrogens (tertiary/aromatic N) is 1. The first-order chi connectivity index (χ1) is 9.17. The lowest BCUT2D eigenvalue weighted by Gasteiger charge is -2.50. The summed E-state index contributed by atoms with van der Waals surface area (Å²) in [6, 6.07) is 2.25. The Kier molecular flexibility index (Phi) is 4.16. The molecule has 2 heterocycles. The molecule has 0 aromatic rings. The van der Waals surface area contributed by atoms with E-state index in [2.05, 4.69) is 24.1 Å². The molecule has 1 N–H and O–H groups in total. The second kappa shape index (κ2) is 5.71. The molecule has 3 heteroatoms. The summed E-state index contributed by atoms with van der Waals surface area (Å²) in [5.74, 6) is 0. The van der Waals surface area contributed by atoms with Crippen LogP contribution in [0.15, 0.2) is 0 Å². The minimum Gasteiger partial charge on any atom is -0.375 e. The predicted molar refractivity (Wildman–Crippen MR) is 78.4 cm³/mol. The Hall–Kier alpha value is -0.120. The molecule has 110 valence electrons. The quantitative estimate of drug-likeness (QED) is 0.849. The minimum atomic E-state index is 0.312. The Morgan fingerprint density at radius 1 is 1.05 bits per heavy atom. The van der Waals surface area contributed by atoms with Crippen LogP contribution in [-0.2, 0) is 4.74 Å². The maximum atomic E-state index is 5.82. The first-order valence-corrected chi connectivity index (χ1v) is 8.31. The van der Waals surface area contributed by atoms with E-state index in [9.17, 15) is 0 Å². The van der Waals surface area contributed by atoms with Crippen LogP contribution in [0.3, 0.4) is 0 Å². The number of rotatable bonds is 3. The minimum absolute atomic E-state index is 0.312. The molecule has 19 heavy (non-hydrogen) atoms. The third kappa shape index (κ3) is 3.14. The average molecular weight is 266 g/mol. The van der Waals surface area contributed by atoms with Crippen molar-refractivity contribution >= 4 is 0 Å². The first kappa shape index (κ1) is 13.8. The van der Waals surface area contributed by atoms with Crippen LogP contribution in [0.2, 0.25) is 0 Å². The standard InChI is InChI=1S/C16H30N2O/c1-13(2)17-14-3-5-15(6-4-14)18-10-7-16(8-11-18)9-12-19-16/h13-15,17H,3-12H2,1-2H3. The number of hydrogen-bond donors (Lipinski definition) is 1. The van der Waals surface area contributed by atoms with Gasteiger partial charge in [-0.05, 0) is 44.9 Å². The SMILES string of the molecule is CC(C)NC1CCC(N2CCC3(CCO3)CC2)CC1. The summed E-state index contributed by atoms with van der Waals surface area (Å²) in [6.07, 6.45) is 9.36. The number of nitrogens with one attached hydrogen (secondary N) is 1. The predicted octanol–water partition coefficient (Wildman–Crippen LogP) is 2.55. The van der Waals surface area contributed by atoms with E-state index in [1.165, 1.54) is 58.0 Å². The van der Waals surface area contributed by atoms with Crippen molar-refractivity contribution in [3.63, 3.8) is 0 Å². The van der Waals surface area contributed by atoms with Crippen LogP contribution < -0.4 is 5.32 Å². The van der Waals surface area contributed by atoms with Gasteiger partial charge in [-0.1, -0.05) is 13.8 Å². The molecule has 0 unspecified atom stereocenters. The van der Waals surface area contributed by atoms with E-state index in [0.29, 0.717) is 11.6 Å². The summed E-state index contributed by atoms with van der Waals surface area (Å²) in [4.78, 5) is 2.75. The van der Waals surface area contributed by atoms with Gasteiger partial charge in [0, 0.05) is 31.2 Å². The first-order valence-electron chi connectivity index (χ1n) is 8.31. The van der Waals surface area contributed by atoms with E-state index in [1.807, 2.05) is 0 Å². The summed E-state index contributed by atoms with van der Waals surface area (Å²) in [5, 5.41) is 3.70. The fourth-order valence-electron chi connectivity index (χ4n) is 4.16. The molecule has 1 saturated carbocycles. The van der Waals surface area contributed by atoms with Crippen LogP contribution in [0.5, 0.6) is 0 Å². The third-order valence-electron chi connectivity index (χ3n) is 5.46. The summed E-state index contributed by atoms with van der Waals surface area (Å²) in [6.45, 7) is 8.06. The van der Waals surface area contributed by atoms with Gasteiger partial charge in [-0.2, -0.15) is 0 Å². The number of hydrogen-bond acceptors (Lipinski definition) is 3. The summed E-state index contributed by atoms with van der Waals surface area (Å²) < 4.78 is 5.82. The second-order valence-corrected chi connectivity index (χ2v) is 7.14. The Labute approximate surface area is 118 Å². The van der Waals surface area contributed by atoms with Gasteiger partial charge in [0.25, 0.3) is 0 Å². The van der Waals surface area contributed by atoms with Crippen molar-refractivity contribution in [1.82, 2.24) is 10.2 Å². The molecule has 3 rings (SSSR count). The van der Waals surface area contributed by atoms with Gasteiger partial charge < -0.3 is 15.0 Å². The molecule has 2 aliphatic heterocycles. The fraction of sp³-hybridized carbons (Fsp3) is 1.00. The van der Waals surface area contributed by atoms with Crippen LogP contribution in [0.4, 0.5) is 0 Å². The maximum Gasteiger partial charge on any atom is 0.0728 e. The van der Waals surface area contributed by atoms with Crippen molar-refractivity contribution in [2.24, 2.45) is 0 Å². The topological polar surface area (TPSA) is 24.5 Å². The van der Waals surface area contributed by atoms with Crippen LogP contribution in [-0.4, -0.2) is 48.3 Å². The molecular formula is C16H30N2O. The number of likely N-dealkylation sites (tertiary alicyclic amines) is 1. The highest BCUT2D eigenvalue weighted by atomic mass is 16.5. The number of ether oxygens (including phenoxy) is 1. The Morgan fingerprint density at radius 3 is 2.16 bits per heavy atom. The smallest absolute Gasteiger partial charge is 0.0728 e. The largest absolute Gasteiger partial charge is 0.375 e. The third-order valence-corrected chi connectivity index (χ3v) is 5.46. The van der Waals surface area contributed by atoms with Gasteiger partial charge in [0.1, 0.15) is 0 Å². The molecule has 0 aromatic heterocycles. The van der Waals surface area contributed by atoms with Gasteiger partial charge in [0.15, 0.2) is 0 Å². The average Bonchev–Trinajstić information content (AvgIpc) is 2.37. The van der Waals surface area contributed by atoms with E-state index >= 15 is 0 Å². The van der Waals surface area contributed by atoms with Crippen LogP contribution >= 0.6 is 0 Å². The van der Waals surface area contributed by atoms with Crippen LogP contribution in [0, 0.1) is 0 Å². The van der Waals surface area contributed by atoms with Crippen LogP contribution in [0.25, 0.3) is 0 Å². The molecule has 0 radical (unpaired) electrons. The van der Waals surface area contributed by atoms with Gasteiger partial charge in [0.05, 0.1) is 12.2 Å². The molecule has 0 amide bonds. The molecule has 1 aliphatic carbocycles. The zero-order chi connectivity index (χ0) is 13.3. The second-order valence-electron chi connectivity index (χ2n) is 7.14. The van der Waals surface area contributed by atoms with Gasteiger partial charge >= 0.3 is 0 Å². The van der Waals surface area contributed by atoms with Crippen molar-refractivity contribution in [1.29, 1.82) is 0 Å². The summed E-state index contributed by atoms with van der Waals surface area (Å²) in [5.41, 5.74) is 0.312.